The summed E-state index contributed by atoms with van der Waals surface area (Å²) < 4.78 is 0. The topological polar surface area (TPSA) is 73.1 Å². The summed E-state index contributed by atoms with van der Waals surface area (Å²) in [6, 6.07) is 11.5. The van der Waals surface area contributed by atoms with Crippen LogP contribution < -0.4 is 5.32 Å². The summed E-state index contributed by atoms with van der Waals surface area (Å²) in [5, 5.41) is 19.5. The molecule has 1 atom stereocenters. The number of nitrogens with zero attached hydrogens (tertiary/aromatic N) is 1. The van der Waals surface area contributed by atoms with E-state index in [9.17, 15) is 4.79 Å². The minimum absolute atomic E-state index is 0.252. The summed E-state index contributed by atoms with van der Waals surface area (Å²) in [7, 11) is 0. The number of hydrogen-bond donors (Lipinski definition) is 2. The van der Waals surface area contributed by atoms with Gasteiger partial charge in [0.05, 0.1) is 12.0 Å². The summed E-state index contributed by atoms with van der Waals surface area (Å²) in [5.74, 6) is -0.252. The van der Waals surface area contributed by atoms with E-state index in [0.29, 0.717) is 13.0 Å². The number of hydrogen-bond acceptors (Lipinski definition) is 2. The molecule has 0 bridgehead atoms. The summed E-state index contributed by atoms with van der Waals surface area (Å²) in [4.78, 5) is 10.2. The molecular formula is C11H12N2O2. The molecule has 78 valence electrons. The van der Waals surface area contributed by atoms with Crippen molar-refractivity contribution >= 4 is 6.09 Å². The second-order valence-electron chi connectivity index (χ2n) is 3.11. The Morgan fingerprint density at radius 2 is 2.13 bits per heavy atom. The summed E-state index contributed by atoms with van der Waals surface area (Å²) >= 11 is 0. The van der Waals surface area contributed by atoms with Crippen LogP contribution in [0, 0.1) is 11.3 Å². The molecule has 0 aliphatic heterocycles. The number of nitriles is 1. The van der Waals surface area contributed by atoms with Gasteiger partial charge >= 0.3 is 6.09 Å². The maximum absolute atomic E-state index is 10.2. The molecule has 0 radical (unpaired) electrons. The Kier molecular flexibility index (Phi) is 4.17. The zero-order valence-electron chi connectivity index (χ0n) is 8.18. The van der Waals surface area contributed by atoms with Gasteiger partial charge < -0.3 is 10.4 Å². The van der Waals surface area contributed by atoms with Crippen LogP contribution in [0.4, 0.5) is 4.79 Å². The van der Waals surface area contributed by atoms with Gasteiger partial charge in [0, 0.05) is 6.54 Å². The molecule has 0 aliphatic rings. The van der Waals surface area contributed by atoms with Crippen molar-refractivity contribution in [3.8, 4) is 6.07 Å². The van der Waals surface area contributed by atoms with Crippen molar-refractivity contribution in [2.75, 3.05) is 6.54 Å². The first-order chi connectivity index (χ1) is 7.24. The monoisotopic (exact) mass is 204 g/mol. The molecule has 15 heavy (non-hydrogen) atoms. The summed E-state index contributed by atoms with van der Waals surface area (Å²) in [5.41, 5.74) is 0.923. The van der Waals surface area contributed by atoms with Gasteiger partial charge in [-0.25, -0.2) is 4.79 Å². The molecule has 0 spiro atoms. The van der Waals surface area contributed by atoms with Crippen molar-refractivity contribution in [2.24, 2.45) is 0 Å². The Morgan fingerprint density at radius 3 is 2.67 bits per heavy atom. The fourth-order valence-electron chi connectivity index (χ4n) is 1.31. The molecule has 0 heterocycles. The Balaban J connectivity index is 2.51. The van der Waals surface area contributed by atoms with Crippen LogP contribution in [0.2, 0.25) is 0 Å². The second kappa shape index (κ2) is 5.66. The van der Waals surface area contributed by atoms with Crippen molar-refractivity contribution in [1.82, 2.24) is 5.32 Å². The van der Waals surface area contributed by atoms with Crippen LogP contribution in [-0.2, 0) is 0 Å². The third-order valence-corrected chi connectivity index (χ3v) is 2.07. The van der Waals surface area contributed by atoms with Crippen molar-refractivity contribution in [3.05, 3.63) is 35.9 Å². The van der Waals surface area contributed by atoms with Gasteiger partial charge in [0.25, 0.3) is 0 Å². The van der Waals surface area contributed by atoms with E-state index in [1.54, 1.807) is 0 Å². The van der Waals surface area contributed by atoms with Crippen molar-refractivity contribution in [1.29, 1.82) is 5.26 Å². The molecule has 1 rings (SSSR count). The number of carboxylic acid groups (broad SMARTS) is 1. The molecule has 1 amide bonds. The number of amides is 1. The molecule has 1 aromatic carbocycles. The quantitative estimate of drug-likeness (QED) is 0.787. The molecule has 0 aromatic heterocycles. The lowest BCUT2D eigenvalue weighted by atomic mass is 9.97. The van der Waals surface area contributed by atoms with Crippen molar-refractivity contribution in [2.45, 2.75) is 12.3 Å². The molecule has 1 unspecified atom stereocenters. The van der Waals surface area contributed by atoms with Gasteiger partial charge in [0.2, 0.25) is 0 Å². The first kappa shape index (κ1) is 11.1. The van der Waals surface area contributed by atoms with Crippen LogP contribution in [0.25, 0.3) is 0 Å². The van der Waals surface area contributed by atoms with Gasteiger partial charge in [-0.05, 0) is 12.0 Å². The predicted molar refractivity (Wildman–Crippen MR) is 55.4 cm³/mol. The van der Waals surface area contributed by atoms with Crippen LogP contribution in [0.3, 0.4) is 0 Å². The average molecular weight is 204 g/mol. The summed E-state index contributed by atoms with van der Waals surface area (Å²) in [6.45, 7) is 0.294. The summed E-state index contributed by atoms with van der Waals surface area (Å²) in [6.07, 6.45) is -0.563. The van der Waals surface area contributed by atoms with E-state index in [0.717, 1.165) is 5.56 Å². The Bertz CT molecular complexity index is 357. The number of carbonyl (C=O) groups is 1. The largest absolute Gasteiger partial charge is 0.465 e. The third kappa shape index (κ3) is 3.69. The van der Waals surface area contributed by atoms with Gasteiger partial charge in [-0.2, -0.15) is 5.26 Å². The average Bonchev–Trinajstić information content (AvgIpc) is 2.25. The van der Waals surface area contributed by atoms with Crippen molar-refractivity contribution < 1.29 is 9.90 Å². The van der Waals surface area contributed by atoms with Gasteiger partial charge in [-0.3, -0.25) is 0 Å². The van der Waals surface area contributed by atoms with Crippen LogP contribution >= 0.6 is 0 Å². The fraction of sp³-hybridized carbons (Fsp3) is 0.273. The zero-order chi connectivity index (χ0) is 11.1. The molecule has 0 saturated carbocycles. The molecule has 0 fully saturated rings. The second-order valence-corrected chi connectivity index (χ2v) is 3.11. The normalized spacial score (nSPS) is 11.4. The zero-order valence-corrected chi connectivity index (χ0v) is 8.18. The molecule has 4 heteroatoms. The number of rotatable bonds is 4. The smallest absolute Gasteiger partial charge is 0.404 e. The van der Waals surface area contributed by atoms with E-state index in [-0.39, 0.29) is 5.92 Å². The van der Waals surface area contributed by atoms with Crippen LogP contribution in [0.1, 0.15) is 17.9 Å². The van der Waals surface area contributed by atoms with Crippen molar-refractivity contribution in [3.63, 3.8) is 0 Å². The van der Waals surface area contributed by atoms with Gasteiger partial charge in [-0.1, -0.05) is 30.3 Å². The van der Waals surface area contributed by atoms with Crippen LogP contribution in [0.15, 0.2) is 30.3 Å². The highest BCUT2D eigenvalue weighted by Gasteiger charge is 2.09. The van der Waals surface area contributed by atoms with Gasteiger partial charge in [0.1, 0.15) is 0 Å². The van der Waals surface area contributed by atoms with Crippen LogP contribution in [-0.4, -0.2) is 17.7 Å². The standard InChI is InChI=1S/C11H12N2O2/c12-8-10(6-7-13-11(14)15)9-4-2-1-3-5-9/h1-5,10,13H,6-7H2,(H,14,15). The Labute approximate surface area is 88.2 Å². The minimum atomic E-state index is -1.06. The lowest BCUT2D eigenvalue weighted by Gasteiger charge is -2.08. The molecule has 0 saturated heterocycles. The van der Waals surface area contributed by atoms with E-state index in [1.807, 2.05) is 30.3 Å². The van der Waals surface area contributed by atoms with E-state index in [4.69, 9.17) is 10.4 Å². The fourth-order valence-corrected chi connectivity index (χ4v) is 1.31. The van der Waals surface area contributed by atoms with Crippen LogP contribution in [0.5, 0.6) is 0 Å². The minimum Gasteiger partial charge on any atom is -0.465 e. The molecule has 1 aromatic rings. The Morgan fingerprint density at radius 1 is 1.47 bits per heavy atom. The maximum Gasteiger partial charge on any atom is 0.404 e. The highest BCUT2D eigenvalue weighted by Crippen LogP contribution is 2.17. The molecular weight excluding hydrogens is 192 g/mol. The molecule has 4 nitrogen and oxygen atoms in total. The van der Waals surface area contributed by atoms with Gasteiger partial charge in [-0.15, -0.1) is 0 Å². The first-order valence-corrected chi connectivity index (χ1v) is 4.65. The highest BCUT2D eigenvalue weighted by molar-refractivity contribution is 5.64. The lowest BCUT2D eigenvalue weighted by molar-refractivity contribution is 0.194. The number of nitrogens with one attached hydrogen (secondary N) is 1. The van der Waals surface area contributed by atoms with E-state index < -0.39 is 6.09 Å². The predicted octanol–water partition coefficient (Wildman–Crippen LogP) is 1.95. The molecule has 2 N–H and O–H groups in total. The maximum atomic E-state index is 10.2. The van der Waals surface area contributed by atoms with Gasteiger partial charge in [0.15, 0.2) is 0 Å². The Hall–Kier alpha value is -2.02. The SMILES string of the molecule is N#CC(CCNC(=O)O)c1ccccc1. The number of benzene rings is 1. The third-order valence-electron chi connectivity index (χ3n) is 2.07. The highest BCUT2D eigenvalue weighted by atomic mass is 16.4. The lowest BCUT2D eigenvalue weighted by Crippen LogP contribution is -2.23. The van der Waals surface area contributed by atoms with E-state index in [2.05, 4.69) is 11.4 Å². The first-order valence-electron chi connectivity index (χ1n) is 4.65. The molecule has 0 aliphatic carbocycles. The van der Waals surface area contributed by atoms with E-state index in [1.165, 1.54) is 0 Å². The van der Waals surface area contributed by atoms with E-state index >= 15 is 0 Å².